The molecule has 0 aliphatic carbocycles. The molecule has 0 unspecified atom stereocenters. The van der Waals surface area contributed by atoms with E-state index in [1.807, 2.05) is 36.4 Å². The molecule has 0 radical (unpaired) electrons. The number of hydrogen-bond acceptors (Lipinski definition) is 4. The van der Waals surface area contributed by atoms with E-state index in [4.69, 9.17) is 14.7 Å². The molecule has 1 aliphatic rings. The Kier molecular flexibility index (Phi) is 2.95. The Labute approximate surface area is 111 Å². The first-order valence-electron chi connectivity index (χ1n) is 5.98. The minimum Gasteiger partial charge on any atom is -0.454 e. The molecule has 1 heterocycles. The van der Waals surface area contributed by atoms with Crippen molar-refractivity contribution in [1.82, 2.24) is 0 Å². The second-order valence-electron chi connectivity index (χ2n) is 4.23. The zero-order chi connectivity index (χ0) is 13.1. The average molecular weight is 252 g/mol. The fourth-order valence-corrected chi connectivity index (χ4v) is 1.95. The molecule has 94 valence electrons. The van der Waals surface area contributed by atoms with Gasteiger partial charge in [-0.05, 0) is 35.9 Å². The number of benzene rings is 2. The molecule has 4 heteroatoms. The molecule has 3 rings (SSSR count). The number of fused-ring (bicyclic) bond motifs is 1. The van der Waals surface area contributed by atoms with Crippen LogP contribution in [0.5, 0.6) is 11.5 Å². The van der Waals surface area contributed by atoms with Gasteiger partial charge in [0.1, 0.15) is 0 Å². The molecule has 4 nitrogen and oxygen atoms in total. The monoisotopic (exact) mass is 252 g/mol. The van der Waals surface area contributed by atoms with Crippen LogP contribution in [0.1, 0.15) is 11.1 Å². The van der Waals surface area contributed by atoms with E-state index in [1.165, 1.54) is 0 Å². The van der Waals surface area contributed by atoms with Crippen LogP contribution < -0.4 is 14.8 Å². The summed E-state index contributed by atoms with van der Waals surface area (Å²) in [6.07, 6.45) is 0. The molecule has 0 fully saturated rings. The van der Waals surface area contributed by atoms with Crippen LogP contribution in [0.2, 0.25) is 0 Å². The summed E-state index contributed by atoms with van der Waals surface area (Å²) in [6.45, 7) is 0.960. The first kappa shape index (κ1) is 11.4. The van der Waals surface area contributed by atoms with Crippen molar-refractivity contribution < 1.29 is 9.47 Å². The Morgan fingerprint density at radius 1 is 1.11 bits per heavy atom. The van der Waals surface area contributed by atoms with Crippen LogP contribution in [-0.4, -0.2) is 6.79 Å². The Morgan fingerprint density at radius 3 is 2.89 bits per heavy atom. The number of anilines is 1. The highest BCUT2D eigenvalue weighted by Gasteiger charge is 2.12. The topological polar surface area (TPSA) is 54.3 Å². The summed E-state index contributed by atoms with van der Waals surface area (Å²) in [5.41, 5.74) is 2.68. The fraction of sp³-hybridized carbons (Fsp3) is 0.133. The molecule has 2 aromatic carbocycles. The minimum absolute atomic E-state index is 0.288. The molecule has 1 aliphatic heterocycles. The van der Waals surface area contributed by atoms with E-state index in [9.17, 15) is 0 Å². The summed E-state index contributed by atoms with van der Waals surface area (Å²) in [6, 6.07) is 15.4. The van der Waals surface area contributed by atoms with Gasteiger partial charge >= 0.3 is 0 Å². The van der Waals surface area contributed by atoms with Crippen molar-refractivity contribution in [2.24, 2.45) is 0 Å². The van der Waals surface area contributed by atoms with Crippen molar-refractivity contribution in [2.45, 2.75) is 6.54 Å². The van der Waals surface area contributed by atoms with Crippen LogP contribution in [0.3, 0.4) is 0 Å². The molecule has 1 N–H and O–H groups in total. The molecule has 0 amide bonds. The standard InChI is InChI=1S/C15H12N2O2/c16-8-11-2-1-3-13(6-11)17-9-12-4-5-14-15(7-12)19-10-18-14/h1-7,17H,9-10H2. The van der Waals surface area contributed by atoms with Gasteiger partial charge in [-0.1, -0.05) is 12.1 Å². The van der Waals surface area contributed by atoms with Crippen molar-refractivity contribution in [2.75, 3.05) is 12.1 Å². The van der Waals surface area contributed by atoms with E-state index in [1.54, 1.807) is 6.07 Å². The van der Waals surface area contributed by atoms with Crippen molar-refractivity contribution in [3.05, 3.63) is 53.6 Å². The Morgan fingerprint density at radius 2 is 2.00 bits per heavy atom. The van der Waals surface area contributed by atoms with Gasteiger partial charge in [0.05, 0.1) is 11.6 Å². The number of nitriles is 1. The number of hydrogen-bond donors (Lipinski definition) is 1. The summed E-state index contributed by atoms with van der Waals surface area (Å²) >= 11 is 0. The lowest BCUT2D eigenvalue weighted by Gasteiger charge is -2.07. The van der Waals surface area contributed by atoms with Gasteiger partial charge in [-0.2, -0.15) is 5.26 Å². The SMILES string of the molecule is N#Cc1cccc(NCc2ccc3c(c2)OCO3)c1. The molecule has 0 saturated heterocycles. The Hall–Kier alpha value is -2.67. The number of ether oxygens (including phenoxy) is 2. The Bertz CT molecular complexity index is 647. The van der Waals surface area contributed by atoms with Crippen LogP contribution in [-0.2, 0) is 6.54 Å². The van der Waals surface area contributed by atoms with Gasteiger partial charge in [0, 0.05) is 12.2 Å². The maximum absolute atomic E-state index is 8.84. The van der Waals surface area contributed by atoms with Crippen molar-refractivity contribution in [3.8, 4) is 17.6 Å². The lowest BCUT2D eigenvalue weighted by Crippen LogP contribution is -1.99. The molecular weight excluding hydrogens is 240 g/mol. The third-order valence-corrected chi connectivity index (χ3v) is 2.93. The van der Waals surface area contributed by atoms with Crippen LogP contribution in [0.25, 0.3) is 0 Å². The lowest BCUT2D eigenvalue weighted by atomic mass is 10.2. The number of rotatable bonds is 3. The van der Waals surface area contributed by atoms with E-state index in [0.717, 1.165) is 22.7 Å². The third kappa shape index (κ3) is 2.45. The summed E-state index contributed by atoms with van der Waals surface area (Å²) in [5, 5.41) is 12.1. The minimum atomic E-state index is 0.288. The smallest absolute Gasteiger partial charge is 0.231 e. The molecule has 2 aromatic rings. The first-order chi connectivity index (χ1) is 9.35. The molecule has 0 saturated carbocycles. The van der Waals surface area contributed by atoms with E-state index in [-0.39, 0.29) is 6.79 Å². The molecular formula is C15H12N2O2. The largest absolute Gasteiger partial charge is 0.454 e. The third-order valence-electron chi connectivity index (χ3n) is 2.93. The van der Waals surface area contributed by atoms with Crippen LogP contribution in [0.4, 0.5) is 5.69 Å². The summed E-state index contributed by atoms with van der Waals surface area (Å²) in [5.74, 6) is 1.57. The summed E-state index contributed by atoms with van der Waals surface area (Å²) < 4.78 is 10.6. The second kappa shape index (κ2) is 4.91. The zero-order valence-corrected chi connectivity index (χ0v) is 10.2. The van der Waals surface area contributed by atoms with Crippen LogP contribution >= 0.6 is 0 Å². The number of nitrogens with one attached hydrogen (secondary N) is 1. The van der Waals surface area contributed by atoms with Gasteiger partial charge in [-0.25, -0.2) is 0 Å². The Balaban J connectivity index is 1.70. The van der Waals surface area contributed by atoms with Gasteiger partial charge < -0.3 is 14.8 Å². The van der Waals surface area contributed by atoms with Gasteiger partial charge in [0.15, 0.2) is 11.5 Å². The van der Waals surface area contributed by atoms with E-state index < -0.39 is 0 Å². The average Bonchev–Trinajstić information content (AvgIpc) is 2.93. The highest BCUT2D eigenvalue weighted by molar-refractivity contribution is 5.50. The van der Waals surface area contributed by atoms with Crippen molar-refractivity contribution in [3.63, 3.8) is 0 Å². The second-order valence-corrected chi connectivity index (χ2v) is 4.23. The van der Waals surface area contributed by atoms with E-state index in [0.29, 0.717) is 12.1 Å². The van der Waals surface area contributed by atoms with E-state index in [2.05, 4.69) is 11.4 Å². The predicted molar refractivity (Wildman–Crippen MR) is 71.0 cm³/mol. The van der Waals surface area contributed by atoms with Gasteiger partial charge in [0.2, 0.25) is 6.79 Å². The quantitative estimate of drug-likeness (QED) is 0.912. The molecule has 0 atom stereocenters. The zero-order valence-electron chi connectivity index (χ0n) is 10.2. The van der Waals surface area contributed by atoms with Crippen LogP contribution in [0.15, 0.2) is 42.5 Å². The lowest BCUT2D eigenvalue weighted by molar-refractivity contribution is 0.174. The van der Waals surface area contributed by atoms with Crippen molar-refractivity contribution in [1.29, 1.82) is 5.26 Å². The predicted octanol–water partition coefficient (Wildman–Crippen LogP) is 2.90. The van der Waals surface area contributed by atoms with Gasteiger partial charge in [-0.3, -0.25) is 0 Å². The fourth-order valence-electron chi connectivity index (χ4n) is 1.95. The maximum Gasteiger partial charge on any atom is 0.231 e. The van der Waals surface area contributed by atoms with Gasteiger partial charge in [-0.15, -0.1) is 0 Å². The molecule has 0 bridgehead atoms. The highest BCUT2D eigenvalue weighted by Crippen LogP contribution is 2.32. The normalized spacial score (nSPS) is 11.9. The molecule has 0 spiro atoms. The highest BCUT2D eigenvalue weighted by atomic mass is 16.7. The maximum atomic E-state index is 8.84. The summed E-state index contributed by atoms with van der Waals surface area (Å²) in [4.78, 5) is 0. The number of nitrogens with zero attached hydrogens (tertiary/aromatic N) is 1. The van der Waals surface area contributed by atoms with E-state index >= 15 is 0 Å². The van der Waals surface area contributed by atoms with Crippen molar-refractivity contribution >= 4 is 5.69 Å². The van der Waals surface area contributed by atoms with Gasteiger partial charge in [0.25, 0.3) is 0 Å². The molecule has 0 aromatic heterocycles. The molecule has 19 heavy (non-hydrogen) atoms. The van der Waals surface area contributed by atoms with Crippen LogP contribution in [0, 0.1) is 11.3 Å². The first-order valence-corrected chi connectivity index (χ1v) is 5.98. The summed E-state index contributed by atoms with van der Waals surface area (Å²) in [7, 11) is 0.